The molecule has 4 aliphatic rings. The van der Waals surface area contributed by atoms with Crippen LogP contribution in [0.5, 0.6) is 0 Å². The molecule has 5 amide bonds. The van der Waals surface area contributed by atoms with Gasteiger partial charge in [0, 0.05) is 82.2 Å². The normalized spacial score (nSPS) is 22.5. The summed E-state index contributed by atoms with van der Waals surface area (Å²) in [7, 11) is 3.34. The molecule has 0 bridgehead atoms. The van der Waals surface area contributed by atoms with Gasteiger partial charge in [0.15, 0.2) is 11.6 Å². The van der Waals surface area contributed by atoms with Gasteiger partial charge in [-0.3, -0.25) is 43.0 Å². The lowest BCUT2D eigenvalue weighted by Crippen LogP contribution is -2.58. The monoisotopic (exact) mass is 1260 g/mol. The molecule has 4 saturated heterocycles. The van der Waals surface area contributed by atoms with Crippen molar-refractivity contribution in [1.29, 1.82) is 0 Å². The number of aliphatic hydroxyl groups is 1. The Kier molecular flexibility index (Phi) is 27.4. The number of ketones is 3. The third kappa shape index (κ3) is 19.5. The molecule has 0 aliphatic carbocycles. The van der Waals surface area contributed by atoms with E-state index in [1.54, 1.807) is 54.6 Å². The molecule has 0 saturated carbocycles. The van der Waals surface area contributed by atoms with E-state index in [1.807, 2.05) is 85.1 Å². The lowest BCUT2D eigenvalue weighted by atomic mass is 9.85. The van der Waals surface area contributed by atoms with E-state index >= 15 is 0 Å². The molecule has 22 nitrogen and oxygen atoms in total. The lowest BCUT2D eigenvalue weighted by Gasteiger charge is -2.33. The minimum atomic E-state index is -0.977. The first-order valence-electron chi connectivity index (χ1n) is 33.0. The number of likely N-dealkylation sites (N-methyl/N-ethyl adjacent to an activating group) is 2. The van der Waals surface area contributed by atoms with Crippen LogP contribution in [0, 0.1) is 11.8 Å². The summed E-state index contributed by atoms with van der Waals surface area (Å²) in [5.41, 5.74) is 3.43. The number of hydrogen-bond donors (Lipinski definition) is 6. The second-order valence-electron chi connectivity index (χ2n) is 24.9. The summed E-state index contributed by atoms with van der Waals surface area (Å²) < 4.78 is 19.0. The minimum absolute atomic E-state index is 0.0113. The van der Waals surface area contributed by atoms with Gasteiger partial charge in [-0.25, -0.2) is 0 Å². The van der Waals surface area contributed by atoms with E-state index in [1.165, 1.54) is 0 Å². The van der Waals surface area contributed by atoms with E-state index in [0.29, 0.717) is 141 Å². The second kappa shape index (κ2) is 35.7. The highest BCUT2D eigenvalue weighted by Crippen LogP contribution is 2.39. The Morgan fingerprint density at radius 1 is 0.593 bits per heavy atom. The van der Waals surface area contributed by atoms with Gasteiger partial charge in [-0.05, 0) is 134 Å². The molecule has 1 aromatic heterocycles. The molecule has 22 heteroatoms. The summed E-state index contributed by atoms with van der Waals surface area (Å²) in [6.07, 6.45) is 10.3. The van der Waals surface area contributed by atoms with E-state index in [4.69, 9.17) is 14.2 Å². The van der Waals surface area contributed by atoms with E-state index < -0.39 is 60.0 Å². The van der Waals surface area contributed by atoms with Crippen LogP contribution in [-0.4, -0.2) is 185 Å². The van der Waals surface area contributed by atoms with Crippen LogP contribution < -0.4 is 26.6 Å². The first-order chi connectivity index (χ1) is 44.2. The highest BCUT2D eigenvalue weighted by atomic mass is 16.5. The van der Waals surface area contributed by atoms with Crippen molar-refractivity contribution < 1.29 is 57.7 Å². The number of benzene rings is 3. The van der Waals surface area contributed by atoms with Crippen LogP contribution in [0.3, 0.4) is 0 Å². The molecule has 3 aromatic carbocycles. The number of rotatable bonds is 37. The van der Waals surface area contributed by atoms with E-state index in [2.05, 4.69) is 36.9 Å². The number of nitrogens with one attached hydrogen (secondary N) is 5. The molecule has 4 aliphatic heterocycles. The standard InChI is InChI=1S/C69H96N10O12/c1-46(70-3)65(84)73-63-51(24-28-54-30-34-58(78(54)68(63)87)61(83)43-57(48-17-8-5-9-18-48)49-19-10-6-11-20-49)26-32-56(81)33-27-53-44-77(76-75-53)36-16-38-90-40-42-91-41-39-89-37-15-14-23-60(82)62(50-21-12-7-13-22-50)72-67(86)59-35-31-55-29-25-52(45-80)64(69(88)79(55)59)74-66(85)47(2)71-4/h5-13,17-22,44,46-47,51-52,54-55,57-59,62-64,70-71,80H,14-16,23-43,45H2,1-4H3,(H,72,86)(H,73,84)(H,74,85)/t46-,47-,51+,52+,54-,55-,58-,59-,62-,63-,64-/m0/s1. The number of carbonyl (C=O) groups is 8. The Labute approximate surface area is 535 Å². The van der Waals surface area contributed by atoms with Crippen LogP contribution in [0.1, 0.15) is 151 Å². The summed E-state index contributed by atoms with van der Waals surface area (Å²) in [5, 5.41) is 33.4. The average Bonchev–Trinajstić information content (AvgIpc) is 1.67. The van der Waals surface area contributed by atoms with Crippen LogP contribution in [0.15, 0.2) is 97.2 Å². The Balaban J connectivity index is 0.690. The number of Topliss-reactive ketones (excluding diaryl/α,β-unsaturated/α-hetero) is 3. The quantitative estimate of drug-likeness (QED) is 0.0320. The number of aromatic nitrogens is 3. The van der Waals surface area contributed by atoms with Crippen LogP contribution in [0.25, 0.3) is 0 Å². The second-order valence-corrected chi connectivity index (χ2v) is 24.9. The van der Waals surface area contributed by atoms with Gasteiger partial charge >= 0.3 is 0 Å². The van der Waals surface area contributed by atoms with Crippen molar-refractivity contribution in [1.82, 2.24) is 51.4 Å². The molecule has 0 radical (unpaired) electrons. The number of carbonyl (C=O) groups excluding carboxylic acids is 8. The Morgan fingerprint density at radius 2 is 1.10 bits per heavy atom. The highest BCUT2D eigenvalue weighted by Gasteiger charge is 2.50. The minimum Gasteiger partial charge on any atom is -0.396 e. The zero-order valence-corrected chi connectivity index (χ0v) is 53.5. The Morgan fingerprint density at radius 3 is 1.67 bits per heavy atom. The number of nitrogens with zero attached hydrogens (tertiary/aromatic N) is 5. The molecule has 4 aromatic rings. The fourth-order valence-corrected chi connectivity index (χ4v) is 13.3. The molecular formula is C69H96N10O12. The largest absolute Gasteiger partial charge is 0.396 e. The van der Waals surface area contributed by atoms with E-state index in [0.717, 1.165) is 11.1 Å². The molecule has 11 atom stereocenters. The first-order valence-corrected chi connectivity index (χ1v) is 33.0. The van der Waals surface area contributed by atoms with Gasteiger partial charge in [-0.1, -0.05) is 96.2 Å². The lowest BCUT2D eigenvalue weighted by molar-refractivity contribution is -0.144. The van der Waals surface area contributed by atoms with Crippen LogP contribution in [-0.2, 0) is 65.5 Å². The third-order valence-corrected chi connectivity index (χ3v) is 18.9. The number of unbranched alkanes of at least 4 members (excludes halogenated alkanes) is 1. The van der Waals surface area contributed by atoms with Crippen molar-refractivity contribution in [2.24, 2.45) is 11.8 Å². The molecule has 8 rings (SSSR count). The number of fused-ring (bicyclic) bond motifs is 2. The number of ether oxygens (including phenoxy) is 3. The number of aliphatic hydroxyl groups excluding tert-OH is 1. The number of hydrogen-bond acceptors (Lipinski definition) is 16. The van der Waals surface area contributed by atoms with Gasteiger partial charge < -0.3 is 55.7 Å². The fourth-order valence-electron chi connectivity index (χ4n) is 13.3. The average molecular weight is 1260 g/mol. The third-order valence-electron chi connectivity index (χ3n) is 18.9. The number of amides is 5. The molecule has 91 heavy (non-hydrogen) atoms. The van der Waals surface area contributed by atoms with Gasteiger partial charge in [0.25, 0.3) is 0 Å². The van der Waals surface area contributed by atoms with Crippen molar-refractivity contribution in [2.75, 3.05) is 60.3 Å². The molecule has 4 fully saturated rings. The highest BCUT2D eigenvalue weighted by molar-refractivity contribution is 5.97. The van der Waals surface area contributed by atoms with Crippen LogP contribution in [0.2, 0.25) is 0 Å². The van der Waals surface area contributed by atoms with Gasteiger partial charge in [0.05, 0.1) is 50.2 Å². The Hall–Kier alpha value is -7.08. The van der Waals surface area contributed by atoms with Gasteiger partial charge in [-0.15, -0.1) is 5.10 Å². The van der Waals surface area contributed by atoms with E-state index in [9.17, 15) is 43.5 Å². The van der Waals surface area contributed by atoms with Crippen molar-refractivity contribution in [3.05, 3.63) is 120 Å². The SMILES string of the molecule is CN[C@@H](C)C(=O)N[C@@H]1C(=O)N2[C@@H](CC[C@@H]1CCC(=O)CCc1cn(CCCOCCOCCOCCCCC(=O)[C@@H](NC(=O)[C@@H]3CC[C@@H]4CC[C@H](CO)[C@H](NC(=O)[C@H](C)NC)C(=O)N43)c3ccccc3)nn1)CC[C@H]2C(=O)CC(c1ccccc1)c1ccccc1. The van der Waals surface area contributed by atoms with Crippen molar-refractivity contribution in [3.8, 4) is 0 Å². The van der Waals surface area contributed by atoms with Gasteiger partial charge in [0.2, 0.25) is 29.5 Å². The van der Waals surface area contributed by atoms with Crippen molar-refractivity contribution >= 4 is 46.9 Å². The summed E-state index contributed by atoms with van der Waals surface area (Å²) in [5.74, 6) is -2.76. The number of aryl methyl sites for hydroxylation is 2. The fraction of sp³-hybridized carbons (Fsp3) is 0.594. The van der Waals surface area contributed by atoms with Crippen LogP contribution >= 0.6 is 0 Å². The van der Waals surface area contributed by atoms with Gasteiger partial charge in [-0.2, -0.15) is 0 Å². The molecule has 494 valence electrons. The summed E-state index contributed by atoms with van der Waals surface area (Å²) in [6.45, 7) is 6.19. The molecule has 0 unspecified atom stereocenters. The van der Waals surface area contributed by atoms with Crippen molar-refractivity contribution in [2.45, 2.75) is 190 Å². The topological polar surface area (TPSA) is 282 Å². The smallest absolute Gasteiger partial charge is 0.246 e. The molecule has 6 N–H and O–H groups in total. The Bertz CT molecular complexity index is 2950. The predicted molar refractivity (Wildman–Crippen MR) is 341 cm³/mol. The zero-order chi connectivity index (χ0) is 64.7. The van der Waals surface area contributed by atoms with Crippen molar-refractivity contribution in [3.63, 3.8) is 0 Å². The maximum absolute atomic E-state index is 14.7. The summed E-state index contributed by atoms with van der Waals surface area (Å²) in [6, 6.07) is 23.4. The zero-order valence-electron chi connectivity index (χ0n) is 53.5. The first kappa shape index (κ1) is 69.8. The maximum Gasteiger partial charge on any atom is 0.246 e. The maximum atomic E-state index is 14.7. The summed E-state index contributed by atoms with van der Waals surface area (Å²) >= 11 is 0. The summed E-state index contributed by atoms with van der Waals surface area (Å²) in [4.78, 5) is 114. The predicted octanol–water partition coefficient (Wildman–Crippen LogP) is 5.11. The molecule has 0 spiro atoms. The van der Waals surface area contributed by atoms with Crippen LogP contribution in [0.4, 0.5) is 0 Å². The molecular weight excluding hydrogens is 1160 g/mol. The van der Waals surface area contributed by atoms with E-state index in [-0.39, 0.29) is 91.3 Å². The molecule has 5 heterocycles. The van der Waals surface area contributed by atoms with Gasteiger partial charge in [0.1, 0.15) is 30.0 Å².